The normalized spacial score (nSPS) is 8.00. The molecule has 0 aliphatic heterocycles. The monoisotopic (exact) mass is 120 g/mol. The molecule has 0 aliphatic rings. The van der Waals surface area contributed by atoms with Crippen LogP contribution in [0.5, 0.6) is 0 Å². The van der Waals surface area contributed by atoms with Crippen molar-refractivity contribution in [3.63, 3.8) is 0 Å². The van der Waals surface area contributed by atoms with Crippen LogP contribution < -0.4 is 0 Å². The van der Waals surface area contributed by atoms with Gasteiger partial charge in [-0.15, -0.1) is 0 Å². The van der Waals surface area contributed by atoms with Gasteiger partial charge < -0.3 is 0 Å². The smallest absolute Gasteiger partial charge is 0.154 e. The second-order valence-corrected chi connectivity index (χ2v) is 1.18. The largest absolute Gasteiger partial charge is 0.251 e. The molecule has 0 aromatic carbocycles. The Morgan fingerprint density at radius 3 is 3.11 bits per heavy atom. The number of hydrogen-bond acceptors (Lipinski definition) is 3. The maximum absolute atomic E-state index is 7.89. The highest BCUT2D eigenvalue weighted by molar-refractivity contribution is 5.17. The molecule has 1 radical (unpaired) electrons. The average molecular weight is 120 g/mol. The van der Waals surface area contributed by atoms with Gasteiger partial charge in [-0.1, -0.05) is 0 Å². The van der Waals surface area contributed by atoms with Crippen LogP contribution >= 0.6 is 0 Å². The van der Waals surface area contributed by atoms with Gasteiger partial charge in [0.15, 0.2) is 5.82 Å². The van der Waals surface area contributed by atoms with Crippen molar-refractivity contribution in [1.82, 2.24) is 9.97 Å². The van der Waals surface area contributed by atoms with E-state index in [-0.39, 0.29) is 5.82 Å². The molecule has 5 nitrogen and oxygen atoms in total. The van der Waals surface area contributed by atoms with Crippen LogP contribution in [0.15, 0.2) is 17.5 Å². The quantitative estimate of drug-likeness (QED) is 0.317. The van der Waals surface area contributed by atoms with Crippen LogP contribution in [0.2, 0.25) is 0 Å². The molecule has 1 aromatic heterocycles. The van der Waals surface area contributed by atoms with E-state index in [9.17, 15) is 0 Å². The number of aromatic nitrogens is 2. The van der Waals surface area contributed by atoms with Crippen LogP contribution in [-0.2, 0) is 0 Å². The van der Waals surface area contributed by atoms with Gasteiger partial charge in [-0.25, -0.2) is 0 Å². The van der Waals surface area contributed by atoms with E-state index in [0.717, 1.165) is 0 Å². The van der Waals surface area contributed by atoms with Crippen molar-refractivity contribution in [2.45, 2.75) is 0 Å². The highest BCUT2D eigenvalue weighted by Crippen LogP contribution is 1.99. The van der Waals surface area contributed by atoms with Crippen LogP contribution in [0.4, 0.5) is 5.82 Å². The third kappa shape index (κ3) is 1.40. The molecular formula is C4H2N5. The summed E-state index contributed by atoms with van der Waals surface area (Å²) in [6.07, 6.45) is 5.27. The fraction of sp³-hybridized carbons (Fsp3) is 0. The first-order valence-corrected chi connectivity index (χ1v) is 2.17. The minimum atomic E-state index is 0.167. The molecule has 1 heterocycles. The van der Waals surface area contributed by atoms with Gasteiger partial charge in [0.05, 0.1) is 0 Å². The summed E-state index contributed by atoms with van der Waals surface area (Å²) >= 11 is 0. The first kappa shape index (κ1) is 5.53. The number of azide groups is 1. The molecule has 0 saturated heterocycles. The minimum absolute atomic E-state index is 0.167. The van der Waals surface area contributed by atoms with Crippen LogP contribution in [-0.4, -0.2) is 9.97 Å². The van der Waals surface area contributed by atoms with Crippen molar-refractivity contribution >= 4 is 5.82 Å². The van der Waals surface area contributed by atoms with Crippen molar-refractivity contribution in [3.8, 4) is 0 Å². The minimum Gasteiger partial charge on any atom is -0.251 e. The fourth-order valence-electron chi connectivity index (χ4n) is 0.352. The van der Waals surface area contributed by atoms with E-state index in [1.165, 1.54) is 12.4 Å². The Morgan fingerprint density at radius 2 is 2.56 bits per heavy atom. The maximum atomic E-state index is 7.89. The Bertz CT molecular complexity index is 224. The molecular weight excluding hydrogens is 118 g/mol. The van der Waals surface area contributed by atoms with Crippen LogP contribution in [0.3, 0.4) is 0 Å². The molecule has 0 N–H and O–H groups in total. The van der Waals surface area contributed by atoms with Crippen molar-refractivity contribution < 1.29 is 0 Å². The molecule has 1 rings (SSSR count). The van der Waals surface area contributed by atoms with Gasteiger partial charge in [0.2, 0.25) is 0 Å². The summed E-state index contributed by atoms with van der Waals surface area (Å²) in [5.41, 5.74) is 7.89. The van der Waals surface area contributed by atoms with Gasteiger partial charge in [0.1, 0.15) is 6.20 Å². The Balaban J connectivity index is 2.97. The zero-order valence-corrected chi connectivity index (χ0v) is 4.39. The lowest BCUT2D eigenvalue weighted by molar-refractivity contribution is 1.16. The summed E-state index contributed by atoms with van der Waals surface area (Å²) in [6, 6.07) is 0. The lowest BCUT2D eigenvalue weighted by Gasteiger charge is -1.81. The highest BCUT2D eigenvalue weighted by Gasteiger charge is 1.83. The van der Waals surface area contributed by atoms with Gasteiger partial charge >= 0.3 is 0 Å². The van der Waals surface area contributed by atoms with Gasteiger partial charge in [0.25, 0.3) is 0 Å². The second kappa shape index (κ2) is 2.64. The molecule has 0 aliphatic carbocycles. The topological polar surface area (TPSA) is 74.5 Å². The molecule has 0 bridgehead atoms. The zero-order chi connectivity index (χ0) is 6.53. The molecule has 1 aromatic rings. The Hall–Kier alpha value is -1.61. The van der Waals surface area contributed by atoms with Gasteiger partial charge in [-0.05, 0) is 10.6 Å². The summed E-state index contributed by atoms with van der Waals surface area (Å²) in [4.78, 5) is 9.68. The zero-order valence-electron chi connectivity index (χ0n) is 4.39. The molecule has 9 heavy (non-hydrogen) atoms. The third-order valence-electron chi connectivity index (χ3n) is 0.642. The Kier molecular flexibility index (Phi) is 1.62. The van der Waals surface area contributed by atoms with Crippen LogP contribution in [0, 0.1) is 6.20 Å². The molecule has 0 fully saturated rings. The van der Waals surface area contributed by atoms with E-state index in [1.54, 1.807) is 0 Å². The highest BCUT2D eigenvalue weighted by atomic mass is 15.2. The lowest BCUT2D eigenvalue weighted by atomic mass is 10.7. The number of nitrogens with zero attached hydrogens (tertiary/aromatic N) is 5. The number of rotatable bonds is 1. The van der Waals surface area contributed by atoms with Crippen molar-refractivity contribution in [2.24, 2.45) is 5.11 Å². The van der Waals surface area contributed by atoms with E-state index in [1.807, 2.05) is 0 Å². The molecule has 43 valence electrons. The summed E-state index contributed by atoms with van der Waals surface area (Å²) < 4.78 is 0. The SMILES string of the molecule is [N-]=[N+]=Nc1[c]nccn1. The lowest BCUT2D eigenvalue weighted by Crippen LogP contribution is -1.72. The molecule has 0 saturated carbocycles. The molecule has 0 atom stereocenters. The van der Waals surface area contributed by atoms with Gasteiger partial charge in [-0.2, -0.15) is 0 Å². The van der Waals surface area contributed by atoms with Crippen LogP contribution in [0.1, 0.15) is 0 Å². The van der Waals surface area contributed by atoms with E-state index < -0.39 is 0 Å². The summed E-state index contributed by atoms with van der Waals surface area (Å²) in [5.74, 6) is 0.167. The maximum Gasteiger partial charge on any atom is 0.154 e. The van der Waals surface area contributed by atoms with Crippen LogP contribution in [0.25, 0.3) is 10.4 Å². The Labute approximate surface area is 51.0 Å². The summed E-state index contributed by atoms with van der Waals surface area (Å²) in [6.45, 7) is 0. The second-order valence-electron chi connectivity index (χ2n) is 1.18. The van der Waals surface area contributed by atoms with E-state index >= 15 is 0 Å². The van der Waals surface area contributed by atoms with Gasteiger partial charge in [0, 0.05) is 17.3 Å². The van der Waals surface area contributed by atoms with E-state index in [2.05, 4.69) is 26.2 Å². The van der Waals surface area contributed by atoms with Crippen molar-refractivity contribution in [2.75, 3.05) is 0 Å². The molecule has 0 amide bonds. The average Bonchev–Trinajstić information content (AvgIpc) is 1.91. The number of hydrogen-bond donors (Lipinski definition) is 0. The standard InChI is InChI=1S/C4H2N5/c5-9-8-4-3-6-1-2-7-4/h1-2H. The fourth-order valence-corrected chi connectivity index (χ4v) is 0.352. The van der Waals surface area contributed by atoms with Crippen molar-refractivity contribution in [3.05, 3.63) is 29.0 Å². The Morgan fingerprint density at radius 1 is 1.67 bits per heavy atom. The van der Waals surface area contributed by atoms with E-state index in [4.69, 9.17) is 5.53 Å². The molecule has 0 unspecified atom stereocenters. The third-order valence-corrected chi connectivity index (χ3v) is 0.642. The first-order valence-electron chi connectivity index (χ1n) is 2.17. The van der Waals surface area contributed by atoms with E-state index in [0.29, 0.717) is 0 Å². The predicted molar refractivity (Wildman–Crippen MR) is 29.7 cm³/mol. The first-order chi connectivity index (χ1) is 4.43. The molecule has 0 spiro atoms. The van der Waals surface area contributed by atoms with Crippen molar-refractivity contribution in [1.29, 1.82) is 0 Å². The van der Waals surface area contributed by atoms with Gasteiger partial charge in [-0.3, -0.25) is 9.97 Å². The summed E-state index contributed by atoms with van der Waals surface area (Å²) in [5, 5.41) is 3.16. The predicted octanol–water partition coefficient (Wildman–Crippen LogP) is 1.22. The molecule has 5 heteroatoms. The summed E-state index contributed by atoms with van der Waals surface area (Å²) in [7, 11) is 0.